The van der Waals surface area contributed by atoms with Crippen molar-refractivity contribution >= 4 is 5.52 Å². The predicted molar refractivity (Wildman–Crippen MR) is 126 cm³/mol. The molecule has 6 nitrogen and oxygen atoms in total. The van der Waals surface area contributed by atoms with Gasteiger partial charge in [-0.2, -0.15) is 15.5 Å². The molecule has 0 aliphatic heterocycles. The summed E-state index contributed by atoms with van der Waals surface area (Å²) in [5, 5.41) is 17.7. The molecule has 4 aromatic rings. The van der Waals surface area contributed by atoms with Crippen molar-refractivity contribution < 1.29 is 0 Å². The molecule has 0 saturated carbocycles. The van der Waals surface area contributed by atoms with Crippen LogP contribution in [0.25, 0.3) is 27.9 Å². The van der Waals surface area contributed by atoms with Gasteiger partial charge in [-0.15, -0.1) is 0 Å². The van der Waals surface area contributed by atoms with Crippen LogP contribution in [0.2, 0.25) is 0 Å². The molecule has 0 saturated heterocycles. The van der Waals surface area contributed by atoms with Crippen molar-refractivity contribution in [3.8, 4) is 28.5 Å². The lowest BCUT2D eigenvalue weighted by molar-refractivity contribution is 0.508. The van der Waals surface area contributed by atoms with Crippen LogP contribution in [0, 0.1) is 11.3 Å². The number of pyridine rings is 1. The Morgan fingerprint density at radius 2 is 1.62 bits per heavy atom. The minimum absolute atomic E-state index is 0.0857. The van der Waals surface area contributed by atoms with E-state index >= 15 is 0 Å². The number of aromatic nitrogens is 4. The largest absolute Gasteiger partial charge is 0.274 e. The highest BCUT2D eigenvalue weighted by atomic mass is 16.1. The number of hydrogen-bond donors (Lipinski definition) is 0. The quantitative estimate of drug-likeness (QED) is 0.315. The summed E-state index contributed by atoms with van der Waals surface area (Å²) in [5.74, 6) is 0. The van der Waals surface area contributed by atoms with E-state index < -0.39 is 0 Å². The summed E-state index contributed by atoms with van der Waals surface area (Å²) >= 11 is 0. The molecule has 162 valence electrons. The second-order valence-corrected chi connectivity index (χ2v) is 7.92. The summed E-state index contributed by atoms with van der Waals surface area (Å²) in [7, 11) is 0. The van der Waals surface area contributed by atoms with Crippen LogP contribution in [-0.4, -0.2) is 19.4 Å². The second-order valence-electron chi connectivity index (χ2n) is 7.92. The Morgan fingerprint density at radius 1 is 0.875 bits per heavy atom. The molecule has 1 aromatic carbocycles. The third-order valence-corrected chi connectivity index (χ3v) is 5.68. The number of aryl methyl sites for hydroxylation is 1. The lowest BCUT2D eigenvalue weighted by atomic mass is 10.0. The maximum Gasteiger partial charge on any atom is 0.274 e. The zero-order valence-corrected chi connectivity index (χ0v) is 18.2. The highest BCUT2D eigenvalue weighted by molar-refractivity contribution is 5.91. The molecule has 3 heterocycles. The van der Waals surface area contributed by atoms with E-state index in [4.69, 9.17) is 10.4 Å². The molecule has 0 spiro atoms. The molecule has 0 atom stereocenters. The number of fused-ring (bicyclic) bond motifs is 1. The number of nitriles is 1. The fourth-order valence-corrected chi connectivity index (χ4v) is 4.04. The predicted octanol–water partition coefficient (Wildman–Crippen LogP) is 5.48. The number of rotatable bonds is 10. The summed E-state index contributed by atoms with van der Waals surface area (Å²) < 4.78 is 3.40. The zero-order chi connectivity index (χ0) is 22.2. The van der Waals surface area contributed by atoms with E-state index in [0.717, 1.165) is 60.9 Å². The average Bonchev–Trinajstić information content (AvgIpc) is 3.22. The van der Waals surface area contributed by atoms with E-state index in [1.807, 2.05) is 59.2 Å². The molecule has 32 heavy (non-hydrogen) atoms. The lowest BCUT2D eigenvalue weighted by Crippen LogP contribution is -2.24. The standard InChI is InChI=1S/C26H27N5O/c27-17-10-4-2-1-3-5-11-20-31-26(32)22(16-18-28-31)24-23-15-9-12-19-30(23)29-25(24)21-13-7-6-8-14-21/h6-9,12-16,18-19H,1-5,10-11,20H2. The number of nitrogens with zero attached hydrogens (tertiary/aromatic N) is 5. The van der Waals surface area contributed by atoms with Crippen molar-refractivity contribution in [2.75, 3.05) is 0 Å². The van der Waals surface area contributed by atoms with Gasteiger partial charge in [0.05, 0.1) is 17.1 Å². The van der Waals surface area contributed by atoms with E-state index in [0.29, 0.717) is 18.5 Å². The van der Waals surface area contributed by atoms with Gasteiger partial charge in [0, 0.05) is 36.5 Å². The zero-order valence-electron chi connectivity index (χ0n) is 18.2. The van der Waals surface area contributed by atoms with Gasteiger partial charge in [0.1, 0.15) is 5.69 Å². The van der Waals surface area contributed by atoms with Crippen LogP contribution in [0.3, 0.4) is 0 Å². The summed E-state index contributed by atoms with van der Waals surface area (Å²) in [5.41, 5.74) is 4.05. The summed E-state index contributed by atoms with van der Waals surface area (Å²) in [6, 6.07) is 19.8. The van der Waals surface area contributed by atoms with Crippen LogP contribution in [0.1, 0.15) is 44.9 Å². The highest BCUT2D eigenvalue weighted by Crippen LogP contribution is 2.33. The van der Waals surface area contributed by atoms with Crippen LogP contribution in [0.5, 0.6) is 0 Å². The topological polar surface area (TPSA) is 76.0 Å². The van der Waals surface area contributed by atoms with Gasteiger partial charge < -0.3 is 0 Å². The molecule has 0 aliphatic rings. The van der Waals surface area contributed by atoms with Crippen LogP contribution < -0.4 is 5.56 Å². The number of hydrogen-bond acceptors (Lipinski definition) is 4. The third kappa shape index (κ3) is 4.78. The van der Waals surface area contributed by atoms with Gasteiger partial charge in [0.2, 0.25) is 0 Å². The van der Waals surface area contributed by atoms with E-state index in [9.17, 15) is 4.79 Å². The normalized spacial score (nSPS) is 11.0. The third-order valence-electron chi connectivity index (χ3n) is 5.68. The average molecular weight is 426 g/mol. The Bertz CT molecular complexity index is 1270. The first-order valence-corrected chi connectivity index (χ1v) is 11.3. The van der Waals surface area contributed by atoms with Crippen molar-refractivity contribution in [2.24, 2.45) is 0 Å². The van der Waals surface area contributed by atoms with Crippen molar-refractivity contribution in [2.45, 2.75) is 51.5 Å². The van der Waals surface area contributed by atoms with Gasteiger partial charge in [-0.25, -0.2) is 9.20 Å². The molecule has 0 bridgehead atoms. The van der Waals surface area contributed by atoms with Crippen molar-refractivity contribution in [1.29, 1.82) is 5.26 Å². The first-order valence-electron chi connectivity index (χ1n) is 11.3. The van der Waals surface area contributed by atoms with Gasteiger partial charge in [0.25, 0.3) is 5.56 Å². The van der Waals surface area contributed by atoms with Crippen LogP contribution in [-0.2, 0) is 6.54 Å². The fourth-order valence-electron chi connectivity index (χ4n) is 4.04. The molecule has 0 radical (unpaired) electrons. The summed E-state index contributed by atoms with van der Waals surface area (Å²) in [4.78, 5) is 13.4. The smallest absolute Gasteiger partial charge is 0.267 e. The maximum absolute atomic E-state index is 13.4. The molecule has 6 heteroatoms. The van der Waals surface area contributed by atoms with Gasteiger partial charge in [-0.05, 0) is 31.0 Å². The molecule has 0 fully saturated rings. The molecule has 0 N–H and O–H groups in total. The van der Waals surface area contributed by atoms with Crippen molar-refractivity contribution in [1.82, 2.24) is 19.4 Å². The minimum Gasteiger partial charge on any atom is -0.267 e. The first kappa shape index (κ1) is 21.5. The van der Waals surface area contributed by atoms with Crippen LogP contribution in [0.4, 0.5) is 0 Å². The molecule has 4 rings (SSSR count). The summed E-state index contributed by atoms with van der Waals surface area (Å²) in [6.07, 6.45) is 10.5. The monoisotopic (exact) mass is 425 g/mol. The molecule has 0 unspecified atom stereocenters. The number of benzene rings is 1. The highest BCUT2D eigenvalue weighted by Gasteiger charge is 2.19. The SMILES string of the molecule is N#CCCCCCCCCn1nccc(-c2c(-c3ccccc3)nn3ccccc23)c1=O. The Kier molecular flexibility index (Phi) is 7.08. The minimum atomic E-state index is -0.0857. The van der Waals surface area contributed by atoms with E-state index in [1.54, 1.807) is 16.9 Å². The Hall–Kier alpha value is -3.72. The van der Waals surface area contributed by atoms with Crippen molar-refractivity contribution in [3.63, 3.8) is 0 Å². The first-order chi connectivity index (χ1) is 15.8. The molecule has 0 amide bonds. The molecular formula is C26H27N5O. The fraction of sp³-hybridized carbons (Fsp3) is 0.308. The van der Waals surface area contributed by atoms with E-state index in [1.165, 1.54) is 0 Å². The van der Waals surface area contributed by atoms with Gasteiger partial charge >= 0.3 is 0 Å². The van der Waals surface area contributed by atoms with E-state index in [-0.39, 0.29) is 5.56 Å². The van der Waals surface area contributed by atoms with Gasteiger partial charge in [-0.1, -0.05) is 62.1 Å². The maximum atomic E-state index is 13.4. The van der Waals surface area contributed by atoms with Crippen LogP contribution in [0.15, 0.2) is 71.8 Å². The number of unbranched alkanes of at least 4 members (excludes halogenated alkanes) is 6. The second kappa shape index (κ2) is 10.5. The Balaban J connectivity index is 1.57. The molecule has 0 aliphatic carbocycles. The van der Waals surface area contributed by atoms with Crippen molar-refractivity contribution in [3.05, 3.63) is 77.3 Å². The van der Waals surface area contributed by atoms with Crippen LogP contribution >= 0.6 is 0 Å². The van der Waals surface area contributed by atoms with Gasteiger partial charge in [0.15, 0.2) is 0 Å². The lowest BCUT2D eigenvalue weighted by Gasteiger charge is -2.08. The van der Waals surface area contributed by atoms with E-state index in [2.05, 4.69) is 11.2 Å². The van der Waals surface area contributed by atoms with Gasteiger partial charge in [-0.3, -0.25) is 4.79 Å². The Morgan fingerprint density at radius 3 is 2.44 bits per heavy atom. The molecule has 3 aromatic heterocycles. The molecular weight excluding hydrogens is 398 g/mol. The Labute approximate surface area is 187 Å². The summed E-state index contributed by atoms with van der Waals surface area (Å²) in [6.45, 7) is 0.602.